The number of nitrogens with one attached hydrogen (secondary N) is 2. The number of hydrogen-bond donors (Lipinski definition) is 2. The van der Waals surface area contributed by atoms with Crippen LogP contribution in [-0.4, -0.2) is 23.0 Å². The minimum Gasteiger partial charge on any atom is -0.192 e. The first-order valence-corrected chi connectivity index (χ1v) is 13.3. The summed E-state index contributed by atoms with van der Waals surface area (Å²) in [6, 6.07) is 19.0. The van der Waals surface area contributed by atoms with E-state index in [4.69, 9.17) is 8.57 Å². The van der Waals surface area contributed by atoms with Crippen LogP contribution < -0.4 is 16.1 Å². The molecule has 0 spiro atoms. The van der Waals surface area contributed by atoms with Gasteiger partial charge in [0.15, 0.2) is 0 Å². The highest BCUT2D eigenvalue weighted by Gasteiger charge is 2.30. The summed E-state index contributed by atoms with van der Waals surface area (Å²) in [7, 11) is -8.35. The summed E-state index contributed by atoms with van der Waals surface area (Å²) >= 11 is 0. The average molecular weight is 514 g/mol. The first kappa shape index (κ1) is 24.8. The summed E-state index contributed by atoms with van der Waals surface area (Å²) in [4.78, 5) is -0.107. The molecule has 0 radical (unpaired) electrons. The third-order valence-corrected chi connectivity index (χ3v) is 7.55. The quantitative estimate of drug-likeness (QED) is 0.416. The number of fused-ring (bicyclic) bond motifs is 1. The van der Waals surface area contributed by atoms with Crippen LogP contribution in [0, 0.1) is 0 Å². The van der Waals surface area contributed by atoms with Gasteiger partial charge in [0.1, 0.15) is 6.17 Å². The van der Waals surface area contributed by atoms with Gasteiger partial charge in [0.05, 0.1) is 15.5 Å². The van der Waals surface area contributed by atoms with E-state index in [1.54, 1.807) is 60.7 Å². The predicted molar refractivity (Wildman–Crippen MR) is 132 cm³/mol. The Labute approximate surface area is 204 Å². The van der Waals surface area contributed by atoms with Gasteiger partial charge in [-0.1, -0.05) is 67.8 Å². The Hall–Kier alpha value is -3.32. The van der Waals surface area contributed by atoms with E-state index in [0.29, 0.717) is 11.3 Å². The van der Waals surface area contributed by atoms with Gasteiger partial charge in [-0.2, -0.15) is 37.2 Å². The third-order valence-electron chi connectivity index (χ3n) is 5.19. The normalized spacial score (nSPS) is 15.9. The number of para-hydroxylation sites is 1. The Balaban J connectivity index is 1.52. The molecule has 1 heterocycles. The minimum atomic E-state index is -4.21. The molecule has 1 aliphatic rings. The van der Waals surface area contributed by atoms with Gasteiger partial charge < -0.3 is 0 Å². The molecule has 0 bridgehead atoms. The van der Waals surface area contributed by atoms with Crippen LogP contribution in [-0.2, 0) is 35.2 Å². The van der Waals surface area contributed by atoms with E-state index in [1.165, 1.54) is 24.3 Å². The number of hydrogen-bond acceptors (Lipinski definition) is 9. The van der Waals surface area contributed by atoms with Crippen molar-refractivity contribution in [3.8, 4) is 0 Å². The maximum atomic E-state index is 12.9. The van der Waals surface area contributed by atoms with Crippen LogP contribution >= 0.6 is 0 Å². The molecule has 2 N–H and O–H groups in total. The first-order valence-electron chi connectivity index (χ1n) is 10.4. The molecule has 0 fully saturated rings. The lowest BCUT2D eigenvalue weighted by Gasteiger charge is -2.34. The topological polar surface area (TPSA) is 114 Å². The summed E-state index contributed by atoms with van der Waals surface area (Å²) in [6.07, 6.45) is 2.65. The third kappa shape index (κ3) is 5.68. The van der Waals surface area contributed by atoms with Crippen molar-refractivity contribution in [1.82, 2.24) is 10.9 Å². The Morgan fingerprint density at radius 1 is 0.829 bits per heavy atom. The second-order valence-electron chi connectivity index (χ2n) is 7.54. The largest absolute Gasteiger partial charge is 0.318 e. The van der Waals surface area contributed by atoms with Crippen molar-refractivity contribution < 1.29 is 25.4 Å². The molecule has 1 unspecified atom stereocenters. The standard InChI is InChI=1S/C24H23N3O6S2/c1-3-18-9-13-21(14-10-18)34(28,29)32-26-24-17-20-7-5-6-8-23(20)27(25-24)33-35(30,31)22-15-11-19(4-2)12-16-22/h3-16,24-26H,1-2,17H2. The molecule has 1 aliphatic heterocycles. The van der Waals surface area contributed by atoms with Crippen LogP contribution in [0.1, 0.15) is 16.7 Å². The monoisotopic (exact) mass is 513 g/mol. The molecule has 0 amide bonds. The second-order valence-corrected chi connectivity index (χ2v) is 10.6. The molecule has 3 aromatic rings. The van der Waals surface area contributed by atoms with E-state index in [0.717, 1.165) is 16.3 Å². The molecule has 0 aliphatic carbocycles. The van der Waals surface area contributed by atoms with Crippen molar-refractivity contribution in [2.24, 2.45) is 0 Å². The van der Waals surface area contributed by atoms with Crippen molar-refractivity contribution in [3.63, 3.8) is 0 Å². The Kier molecular flexibility index (Phi) is 7.17. The molecule has 11 heteroatoms. The predicted octanol–water partition coefficient (Wildman–Crippen LogP) is 3.40. The number of hydrazine groups is 1. The zero-order valence-corrected chi connectivity index (χ0v) is 20.1. The maximum Gasteiger partial charge on any atom is 0.318 e. The smallest absolute Gasteiger partial charge is 0.192 e. The van der Waals surface area contributed by atoms with Crippen LogP contribution in [0.25, 0.3) is 12.2 Å². The second kappa shape index (κ2) is 10.1. The van der Waals surface area contributed by atoms with Gasteiger partial charge >= 0.3 is 20.2 Å². The fourth-order valence-electron chi connectivity index (χ4n) is 3.34. The van der Waals surface area contributed by atoms with E-state index in [1.807, 2.05) is 0 Å². The Morgan fingerprint density at radius 3 is 1.94 bits per heavy atom. The Morgan fingerprint density at radius 2 is 1.37 bits per heavy atom. The van der Waals surface area contributed by atoms with E-state index < -0.39 is 26.4 Å². The van der Waals surface area contributed by atoms with Crippen molar-refractivity contribution in [2.75, 3.05) is 5.17 Å². The van der Waals surface area contributed by atoms with Crippen LogP contribution in [0.4, 0.5) is 5.69 Å². The molecule has 9 nitrogen and oxygen atoms in total. The number of benzene rings is 3. The van der Waals surface area contributed by atoms with Gasteiger partial charge in [0.2, 0.25) is 0 Å². The molecule has 4 rings (SSSR count). The molecule has 35 heavy (non-hydrogen) atoms. The molecule has 1 atom stereocenters. The summed E-state index contributed by atoms with van der Waals surface area (Å²) in [5.74, 6) is 0. The lowest BCUT2D eigenvalue weighted by atomic mass is 10.1. The van der Waals surface area contributed by atoms with E-state index in [-0.39, 0.29) is 16.2 Å². The van der Waals surface area contributed by atoms with Crippen LogP contribution in [0.2, 0.25) is 0 Å². The number of anilines is 1. The summed E-state index contributed by atoms with van der Waals surface area (Å²) in [5, 5.41) is 0.974. The molecule has 182 valence electrons. The lowest BCUT2D eigenvalue weighted by molar-refractivity contribution is 0.108. The highest BCUT2D eigenvalue weighted by atomic mass is 32.2. The summed E-state index contributed by atoms with van der Waals surface area (Å²) < 4.78 is 61.3. The van der Waals surface area contributed by atoms with Gasteiger partial charge in [0.25, 0.3) is 0 Å². The van der Waals surface area contributed by atoms with Crippen molar-refractivity contribution in [3.05, 3.63) is 103 Å². The summed E-state index contributed by atoms with van der Waals surface area (Å²) in [5.41, 5.74) is 7.94. The highest BCUT2D eigenvalue weighted by Crippen LogP contribution is 2.27. The van der Waals surface area contributed by atoms with Gasteiger partial charge in [-0.05, 0) is 47.0 Å². The zero-order chi connectivity index (χ0) is 25.1. The lowest BCUT2D eigenvalue weighted by Crippen LogP contribution is -2.56. The first-order chi connectivity index (χ1) is 16.7. The van der Waals surface area contributed by atoms with Gasteiger partial charge in [0, 0.05) is 6.42 Å². The van der Waals surface area contributed by atoms with Gasteiger partial charge in [-0.15, -0.1) is 4.28 Å². The van der Waals surface area contributed by atoms with E-state index >= 15 is 0 Å². The molecular formula is C24H23N3O6S2. The molecule has 0 saturated carbocycles. The molecular weight excluding hydrogens is 490 g/mol. The fourth-order valence-corrected chi connectivity index (χ4v) is 5.02. The van der Waals surface area contributed by atoms with Crippen molar-refractivity contribution >= 4 is 38.1 Å². The number of nitrogens with zero attached hydrogens (tertiary/aromatic N) is 1. The molecule has 0 saturated heterocycles. The molecule has 0 aromatic heterocycles. The highest BCUT2D eigenvalue weighted by molar-refractivity contribution is 7.87. The van der Waals surface area contributed by atoms with Crippen molar-refractivity contribution in [2.45, 2.75) is 22.4 Å². The number of rotatable bonds is 9. The number of hydroxylamine groups is 1. The Bertz CT molecular complexity index is 1440. The van der Waals surface area contributed by atoms with Crippen LogP contribution in [0.3, 0.4) is 0 Å². The zero-order valence-electron chi connectivity index (χ0n) is 18.5. The van der Waals surface area contributed by atoms with Gasteiger partial charge in [-0.25, -0.2) is 0 Å². The van der Waals surface area contributed by atoms with Crippen LogP contribution in [0.5, 0.6) is 0 Å². The fraction of sp³-hybridized carbons (Fsp3) is 0.0833. The maximum absolute atomic E-state index is 12.9. The summed E-state index contributed by atoms with van der Waals surface area (Å²) in [6.45, 7) is 7.28. The van der Waals surface area contributed by atoms with Crippen molar-refractivity contribution in [1.29, 1.82) is 0 Å². The van der Waals surface area contributed by atoms with Gasteiger partial charge in [-0.3, -0.25) is 0 Å². The average Bonchev–Trinajstić information content (AvgIpc) is 2.87. The van der Waals surface area contributed by atoms with E-state index in [9.17, 15) is 16.8 Å². The minimum absolute atomic E-state index is 0.0505. The van der Waals surface area contributed by atoms with E-state index in [2.05, 4.69) is 24.1 Å². The molecule has 3 aromatic carbocycles. The SMILES string of the molecule is C=Cc1ccc(S(=O)(=O)ONC2Cc3ccccc3N(OS(=O)(=O)c3ccc(C=C)cc3)N2)cc1. The van der Waals surface area contributed by atoms with Crippen LogP contribution in [0.15, 0.2) is 95.7 Å².